The summed E-state index contributed by atoms with van der Waals surface area (Å²) >= 11 is 0. The van der Waals surface area contributed by atoms with E-state index < -0.39 is 26.7 Å². The third kappa shape index (κ3) is 2.80. The molecule has 0 radical (unpaired) electrons. The lowest BCUT2D eigenvalue weighted by Gasteiger charge is -2.21. The molecule has 3 nitrogen and oxygen atoms in total. The molecule has 1 aromatic rings. The summed E-state index contributed by atoms with van der Waals surface area (Å²) in [6.45, 7) is 0. The Labute approximate surface area is 105 Å². The van der Waals surface area contributed by atoms with Gasteiger partial charge in [0.25, 0.3) is 0 Å². The van der Waals surface area contributed by atoms with Crippen LogP contribution >= 0.6 is 0 Å². The average Bonchev–Trinajstić information content (AvgIpc) is 2.71. The highest BCUT2D eigenvalue weighted by atomic mass is 32.2. The van der Waals surface area contributed by atoms with Crippen molar-refractivity contribution >= 4 is 15.5 Å². The number of sulfone groups is 1. The maximum atomic E-state index is 13.5. The molecule has 2 atom stereocenters. The normalized spacial score (nSPS) is 24.2. The Balaban J connectivity index is 2.21. The molecule has 1 saturated carbocycles. The predicted octanol–water partition coefficient (Wildman–Crippen LogP) is 2.34. The van der Waals surface area contributed by atoms with Crippen LogP contribution in [0.5, 0.6) is 0 Å². The lowest BCUT2D eigenvalue weighted by molar-refractivity contribution is 0.576. The molecule has 1 aromatic carbocycles. The van der Waals surface area contributed by atoms with Gasteiger partial charge in [-0.25, -0.2) is 17.2 Å². The average molecular weight is 275 g/mol. The van der Waals surface area contributed by atoms with Gasteiger partial charge in [0.15, 0.2) is 9.84 Å². The second-order valence-electron chi connectivity index (χ2n) is 4.67. The zero-order valence-electron chi connectivity index (χ0n) is 9.99. The molecular weight excluding hydrogens is 260 g/mol. The van der Waals surface area contributed by atoms with Gasteiger partial charge in [-0.05, 0) is 37.5 Å². The van der Waals surface area contributed by atoms with E-state index in [1.807, 2.05) is 0 Å². The van der Waals surface area contributed by atoms with E-state index in [1.54, 1.807) is 0 Å². The standard InChI is InChI=1S/C12H15F2NO2S/c1-18(16,17)12-4-2-3-10(12)15-11-7-8(13)5-6-9(11)14/h5-7,10,12,15H,2-4H2,1H3. The first-order chi connectivity index (χ1) is 8.38. The van der Waals surface area contributed by atoms with Crippen molar-refractivity contribution in [2.75, 3.05) is 11.6 Å². The maximum absolute atomic E-state index is 13.5. The van der Waals surface area contributed by atoms with E-state index in [0.29, 0.717) is 12.8 Å². The van der Waals surface area contributed by atoms with Crippen LogP contribution in [0.25, 0.3) is 0 Å². The molecule has 0 amide bonds. The monoisotopic (exact) mass is 275 g/mol. The predicted molar refractivity (Wildman–Crippen MR) is 66.3 cm³/mol. The Morgan fingerprint density at radius 3 is 2.67 bits per heavy atom. The van der Waals surface area contributed by atoms with Crippen LogP contribution in [-0.4, -0.2) is 26.0 Å². The van der Waals surface area contributed by atoms with Gasteiger partial charge in [0.1, 0.15) is 11.6 Å². The molecule has 0 bridgehead atoms. The molecule has 2 unspecified atom stereocenters. The summed E-state index contributed by atoms with van der Waals surface area (Å²) < 4.78 is 49.7. The van der Waals surface area contributed by atoms with Crippen LogP contribution in [0.4, 0.5) is 14.5 Å². The van der Waals surface area contributed by atoms with Crippen LogP contribution in [0.3, 0.4) is 0 Å². The smallest absolute Gasteiger partial charge is 0.152 e. The number of hydrogen-bond acceptors (Lipinski definition) is 3. The summed E-state index contributed by atoms with van der Waals surface area (Å²) in [5.74, 6) is -1.12. The third-order valence-electron chi connectivity index (χ3n) is 3.27. The van der Waals surface area contributed by atoms with Crippen LogP contribution in [0.15, 0.2) is 18.2 Å². The largest absolute Gasteiger partial charge is 0.379 e. The number of benzene rings is 1. The number of rotatable bonds is 3. The molecule has 1 fully saturated rings. The minimum absolute atomic E-state index is 0.0237. The van der Waals surface area contributed by atoms with E-state index in [0.717, 1.165) is 24.6 Å². The molecule has 6 heteroatoms. The SMILES string of the molecule is CS(=O)(=O)C1CCCC1Nc1cc(F)ccc1F. The quantitative estimate of drug-likeness (QED) is 0.921. The van der Waals surface area contributed by atoms with Gasteiger partial charge in [0, 0.05) is 12.3 Å². The van der Waals surface area contributed by atoms with E-state index >= 15 is 0 Å². The summed E-state index contributed by atoms with van der Waals surface area (Å²) in [4.78, 5) is 0. The minimum atomic E-state index is -3.17. The fourth-order valence-electron chi connectivity index (χ4n) is 2.41. The van der Waals surface area contributed by atoms with Gasteiger partial charge in [0.2, 0.25) is 0 Å². The van der Waals surface area contributed by atoms with Crippen LogP contribution < -0.4 is 5.32 Å². The van der Waals surface area contributed by atoms with Gasteiger partial charge in [-0.3, -0.25) is 0 Å². The fraction of sp³-hybridized carbons (Fsp3) is 0.500. The summed E-state index contributed by atoms with van der Waals surface area (Å²) in [6.07, 6.45) is 3.16. The van der Waals surface area contributed by atoms with Crippen LogP contribution in [0.1, 0.15) is 19.3 Å². The van der Waals surface area contributed by atoms with Gasteiger partial charge in [-0.1, -0.05) is 0 Å². The van der Waals surface area contributed by atoms with E-state index in [1.165, 1.54) is 6.26 Å². The molecule has 0 aromatic heterocycles. The van der Waals surface area contributed by atoms with Gasteiger partial charge in [0.05, 0.1) is 10.9 Å². The highest BCUT2D eigenvalue weighted by molar-refractivity contribution is 7.91. The van der Waals surface area contributed by atoms with Crippen molar-refractivity contribution in [1.29, 1.82) is 0 Å². The van der Waals surface area contributed by atoms with Gasteiger partial charge in [-0.2, -0.15) is 0 Å². The lowest BCUT2D eigenvalue weighted by Crippen LogP contribution is -2.34. The van der Waals surface area contributed by atoms with Crippen LogP contribution in [-0.2, 0) is 9.84 Å². The Morgan fingerprint density at radius 2 is 2.00 bits per heavy atom. The van der Waals surface area contributed by atoms with Crippen molar-refractivity contribution in [2.24, 2.45) is 0 Å². The number of anilines is 1. The molecule has 0 spiro atoms. The Morgan fingerprint density at radius 1 is 1.28 bits per heavy atom. The zero-order chi connectivity index (χ0) is 13.3. The summed E-state index contributed by atoms with van der Waals surface area (Å²) in [5.41, 5.74) is 0.0237. The molecule has 1 aliphatic carbocycles. The van der Waals surface area contributed by atoms with Gasteiger partial charge in [-0.15, -0.1) is 0 Å². The maximum Gasteiger partial charge on any atom is 0.152 e. The second-order valence-corrected chi connectivity index (χ2v) is 6.94. The first kappa shape index (κ1) is 13.3. The highest BCUT2D eigenvalue weighted by Gasteiger charge is 2.35. The van der Waals surface area contributed by atoms with Crippen molar-refractivity contribution in [3.8, 4) is 0 Å². The van der Waals surface area contributed by atoms with Crippen LogP contribution in [0, 0.1) is 11.6 Å². The first-order valence-electron chi connectivity index (χ1n) is 5.78. The molecule has 0 aliphatic heterocycles. The van der Waals surface area contributed by atoms with Crippen molar-refractivity contribution in [1.82, 2.24) is 0 Å². The molecule has 1 aliphatic rings. The lowest BCUT2D eigenvalue weighted by atomic mass is 10.2. The fourth-order valence-corrected chi connectivity index (χ4v) is 3.81. The molecule has 2 rings (SSSR count). The molecule has 18 heavy (non-hydrogen) atoms. The van der Waals surface area contributed by atoms with E-state index in [-0.39, 0.29) is 11.7 Å². The summed E-state index contributed by atoms with van der Waals surface area (Å²) in [6, 6.07) is 2.76. The second kappa shape index (κ2) is 4.84. The van der Waals surface area contributed by atoms with Crippen LogP contribution in [0.2, 0.25) is 0 Å². The topological polar surface area (TPSA) is 46.2 Å². The molecule has 0 saturated heterocycles. The highest BCUT2D eigenvalue weighted by Crippen LogP contribution is 2.29. The van der Waals surface area contributed by atoms with E-state index in [2.05, 4.69) is 5.32 Å². The molecule has 100 valence electrons. The molecular formula is C12H15F2NO2S. The summed E-state index contributed by atoms with van der Waals surface area (Å²) in [5, 5.41) is 2.28. The van der Waals surface area contributed by atoms with E-state index in [9.17, 15) is 17.2 Å². The van der Waals surface area contributed by atoms with Crippen molar-refractivity contribution in [3.63, 3.8) is 0 Å². The number of halogens is 2. The van der Waals surface area contributed by atoms with Crippen molar-refractivity contribution in [3.05, 3.63) is 29.8 Å². The van der Waals surface area contributed by atoms with Gasteiger partial charge < -0.3 is 5.32 Å². The Kier molecular flexibility index (Phi) is 3.56. The molecule has 0 heterocycles. The molecule has 1 N–H and O–H groups in total. The first-order valence-corrected chi connectivity index (χ1v) is 7.74. The van der Waals surface area contributed by atoms with E-state index in [4.69, 9.17) is 0 Å². The third-order valence-corrected chi connectivity index (χ3v) is 4.94. The van der Waals surface area contributed by atoms with Crippen molar-refractivity contribution < 1.29 is 17.2 Å². The minimum Gasteiger partial charge on any atom is -0.379 e. The van der Waals surface area contributed by atoms with Gasteiger partial charge >= 0.3 is 0 Å². The summed E-state index contributed by atoms with van der Waals surface area (Å²) in [7, 11) is -3.17. The number of hydrogen-bond donors (Lipinski definition) is 1. The Bertz CT molecular complexity index is 545. The number of nitrogens with one attached hydrogen (secondary N) is 1. The van der Waals surface area contributed by atoms with Crippen molar-refractivity contribution in [2.45, 2.75) is 30.6 Å². The zero-order valence-corrected chi connectivity index (χ0v) is 10.8. The Hall–Kier alpha value is -1.17.